The molecular weight excluding hydrogens is 304 g/mol. The third-order valence-electron chi connectivity index (χ3n) is 3.16. The Hall–Kier alpha value is -1.91. The van der Waals surface area contributed by atoms with Gasteiger partial charge in [0.25, 0.3) is 0 Å². The average molecular weight is 316 g/mol. The number of nitrogens with one attached hydrogen (secondary N) is 1. The zero-order valence-corrected chi connectivity index (χ0v) is 12.8. The predicted molar refractivity (Wildman–Crippen MR) is 82.4 cm³/mol. The summed E-state index contributed by atoms with van der Waals surface area (Å²) in [5.74, 6) is 0.0983. The Morgan fingerprint density at radius 3 is 3.00 bits per heavy atom. The highest BCUT2D eigenvalue weighted by Crippen LogP contribution is 2.38. The van der Waals surface area contributed by atoms with E-state index in [4.69, 9.17) is 0 Å². The molecule has 2 aromatic heterocycles. The van der Waals surface area contributed by atoms with Gasteiger partial charge in [0.05, 0.1) is 11.3 Å². The Balaban J connectivity index is 1.64. The lowest BCUT2D eigenvalue weighted by Gasteiger charge is -2.03. The van der Waals surface area contributed by atoms with E-state index in [2.05, 4.69) is 21.4 Å². The zero-order chi connectivity index (χ0) is 14.7. The second kappa shape index (κ2) is 6.24. The summed E-state index contributed by atoms with van der Waals surface area (Å²) >= 11 is 2.81. The van der Waals surface area contributed by atoms with Crippen molar-refractivity contribution >= 4 is 34.0 Å². The maximum atomic E-state index is 12.0. The Kier molecular flexibility index (Phi) is 4.18. The van der Waals surface area contributed by atoms with Crippen molar-refractivity contribution in [2.75, 3.05) is 11.1 Å². The van der Waals surface area contributed by atoms with Crippen LogP contribution in [0.15, 0.2) is 23.6 Å². The van der Waals surface area contributed by atoms with Gasteiger partial charge in [-0.1, -0.05) is 11.8 Å². The SMILES string of the molecule is N#Cc1c(NC(=O)CSc2ncccn2)sc2c1CCC2. The minimum atomic E-state index is -0.135. The lowest BCUT2D eigenvalue weighted by atomic mass is 10.1. The largest absolute Gasteiger partial charge is 0.316 e. The molecule has 0 aromatic carbocycles. The van der Waals surface area contributed by atoms with Gasteiger partial charge in [0, 0.05) is 17.3 Å². The second-order valence-corrected chi connectivity index (χ2v) is 6.59. The number of fused-ring (bicyclic) bond motifs is 1. The highest BCUT2D eigenvalue weighted by Gasteiger charge is 2.23. The molecule has 0 saturated carbocycles. The molecule has 0 bridgehead atoms. The van der Waals surface area contributed by atoms with Crippen molar-refractivity contribution in [3.63, 3.8) is 0 Å². The highest BCUT2D eigenvalue weighted by molar-refractivity contribution is 7.99. The molecule has 0 spiro atoms. The van der Waals surface area contributed by atoms with Gasteiger partial charge in [0.15, 0.2) is 5.16 Å². The topological polar surface area (TPSA) is 78.7 Å². The Labute approximate surface area is 130 Å². The smallest absolute Gasteiger partial charge is 0.235 e. The van der Waals surface area contributed by atoms with Crippen LogP contribution in [-0.2, 0) is 17.6 Å². The van der Waals surface area contributed by atoms with Crippen molar-refractivity contribution in [3.05, 3.63) is 34.5 Å². The lowest BCUT2D eigenvalue weighted by Crippen LogP contribution is -2.14. The lowest BCUT2D eigenvalue weighted by molar-refractivity contribution is -0.113. The molecule has 0 radical (unpaired) electrons. The maximum Gasteiger partial charge on any atom is 0.235 e. The van der Waals surface area contributed by atoms with E-state index in [1.54, 1.807) is 18.5 Å². The van der Waals surface area contributed by atoms with E-state index in [9.17, 15) is 10.1 Å². The summed E-state index contributed by atoms with van der Waals surface area (Å²) in [6.45, 7) is 0. The number of carbonyl (C=O) groups excluding carboxylic acids is 1. The second-order valence-electron chi connectivity index (χ2n) is 4.54. The Morgan fingerprint density at radius 1 is 1.43 bits per heavy atom. The van der Waals surface area contributed by atoms with Gasteiger partial charge >= 0.3 is 0 Å². The van der Waals surface area contributed by atoms with Gasteiger partial charge in [-0.3, -0.25) is 4.79 Å². The van der Waals surface area contributed by atoms with Gasteiger partial charge in [-0.15, -0.1) is 11.3 Å². The summed E-state index contributed by atoms with van der Waals surface area (Å²) < 4.78 is 0. The first-order valence-corrected chi connectivity index (χ1v) is 8.32. The van der Waals surface area contributed by atoms with E-state index in [0.717, 1.165) is 24.8 Å². The van der Waals surface area contributed by atoms with Crippen molar-refractivity contribution in [3.8, 4) is 6.07 Å². The monoisotopic (exact) mass is 316 g/mol. The van der Waals surface area contributed by atoms with Gasteiger partial charge < -0.3 is 5.32 Å². The van der Waals surface area contributed by atoms with Gasteiger partial charge in [0.1, 0.15) is 11.1 Å². The summed E-state index contributed by atoms with van der Waals surface area (Å²) in [6.07, 6.45) is 6.34. The number of aryl methyl sites for hydroxylation is 1. The van der Waals surface area contributed by atoms with E-state index in [1.165, 1.54) is 28.0 Å². The Morgan fingerprint density at radius 2 is 2.24 bits per heavy atom. The fourth-order valence-corrected chi connectivity index (χ4v) is 4.12. The minimum Gasteiger partial charge on any atom is -0.316 e. The molecular formula is C14H12N4OS2. The van der Waals surface area contributed by atoms with Crippen LogP contribution >= 0.6 is 23.1 Å². The summed E-state index contributed by atoms with van der Waals surface area (Å²) in [4.78, 5) is 21.3. The van der Waals surface area contributed by atoms with E-state index >= 15 is 0 Å². The van der Waals surface area contributed by atoms with E-state index < -0.39 is 0 Å². The van der Waals surface area contributed by atoms with Crippen LogP contribution in [0.3, 0.4) is 0 Å². The van der Waals surface area contributed by atoms with Crippen LogP contribution in [0.25, 0.3) is 0 Å². The molecule has 0 unspecified atom stereocenters. The molecule has 1 amide bonds. The van der Waals surface area contributed by atoms with Crippen LogP contribution < -0.4 is 5.32 Å². The van der Waals surface area contributed by atoms with Crippen molar-refractivity contribution in [1.29, 1.82) is 5.26 Å². The van der Waals surface area contributed by atoms with E-state index in [1.807, 2.05) is 0 Å². The summed E-state index contributed by atoms with van der Waals surface area (Å²) in [6, 6.07) is 3.95. The van der Waals surface area contributed by atoms with Crippen LogP contribution in [-0.4, -0.2) is 21.6 Å². The molecule has 1 aliphatic carbocycles. The molecule has 7 heteroatoms. The maximum absolute atomic E-state index is 12.0. The first-order valence-electron chi connectivity index (χ1n) is 6.52. The third kappa shape index (κ3) is 3.06. The average Bonchev–Trinajstić information content (AvgIpc) is 3.06. The zero-order valence-electron chi connectivity index (χ0n) is 11.1. The quantitative estimate of drug-likeness (QED) is 0.693. The molecule has 106 valence electrons. The van der Waals surface area contributed by atoms with Gasteiger partial charge in [-0.25, -0.2) is 9.97 Å². The highest BCUT2D eigenvalue weighted by atomic mass is 32.2. The number of rotatable bonds is 4. The molecule has 3 rings (SSSR count). The molecule has 5 nitrogen and oxygen atoms in total. The molecule has 2 aromatic rings. The molecule has 1 N–H and O–H groups in total. The van der Waals surface area contributed by atoms with E-state index in [-0.39, 0.29) is 11.7 Å². The van der Waals surface area contributed by atoms with Crippen molar-refractivity contribution in [2.45, 2.75) is 24.4 Å². The number of thioether (sulfide) groups is 1. The molecule has 0 saturated heterocycles. The first-order chi connectivity index (χ1) is 10.3. The normalized spacial score (nSPS) is 12.7. The van der Waals surface area contributed by atoms with E-state index in [0.29, 0.717) is 15.7 Å². The summed E-state index contributed by atoms with van der Waals surface area (Å²) in [5.41, 5.74) is 1.76. The van der Waals surface area contributed by atoms with Crippen LogP contribution in [0.1, 0.15) is 22.4 Å². The molecule has 0 aliphatic heterocycles. The van der Waals surface area contributed by atoms with Gasteiger partial charge in [-0.05, 0) is 30.9 Å². The third-order valence-corrected chi connectivity index (χ3v) is 5.24. The van der Waals surface area contributed by atoms with Gasteiger partial charge in [0.2, 0.25) is 5.91 Å². The van der Waals surface area contributed by atoms with Gasteiger partial charge in [-0.2, -0.15) is 5.26 Å². The fraction of sp³-hybridized carbons (Fsp3) is 0.286. The number of hydrogen-bond acceptors (Lipinski definition) is 6. The predicted octanol–water partition coefficient (Wildman–Crippen LogP) is 2.63. The molecule has 0 fully saturated rings. The number of nitriles is 1. The number of carbonyl (C=O) groups is 1. The number of anilines is 1. The number of amides is 1. The number of thiophene rings is 1. The van der Waals surface area contributed by atoms with Crippen LogP contribution in [0.2, 0.25) is 0 Å². The fourth-order valence-electron chi connectivity index (χ4n) is 2.26. The van der Waals surface area contributed by atoms with Crippen LogP contribution in [0, 0.1) is 11.3 Å². The Bertz CT molecular complexity index is 706. The molecule has 0 atom stereocenters. The first kappa shape index (κ1) is 14.0. The molecule has 21 heavy (non-hydrogen) atoms. The van der Waals surface area contributed by atoms with Crippen molar-refractivity contribution in [2.24, 2.45) is 0 Å². The number of hydrogen-bond donors (Lipinski definition) is 1. The number of aromatic nitrogens is 2. The van der Waals surface area contributed by atoms with Crippen LogP contribution in [0.4, 0.5) is 5.00 Å². The number of nitrogens with zero attached hydrogens (tertiary/aromatic N) is 3. The van der Waals surface area contributed by atoms with Crippen LogP contribution in [0.5, 0.6) is 0 Å². The van der Waals surface area contributed by atoms with Crippen molar-refractivity contribution < 1.29 is 4.79 Å². The summed E-state index contributed by atoms with van der Waals surface area (Å²) in [7, 11) is 0. The standard InChI is InChI=1S/C14H12N4OS2/c15-7-10-9-3-1-4-11(9)21-13(10)18-12(19)8-20-14-16-5-2-6-17-14/h2,5-6H,1,3-4,8H2,(H,18,19). The summed E-state index contributed by atoms with van der Waals surface area (Å²) in [5, 5.41) is 13.4. The molecule has 2 heterocycles. The molecule has 1 aliphatic rings. The van der Waals surface area contributed by atoms with Crippen molar-refractivity contribution in [1.82, 2.24) is 9.97 Å². The minimum absolute atomic E-state index is 0.135.